The number of halogens is 1. The van der Waals surface area contributed by atoms with Crippen molar-refractivity contribution in [1.29, 1.82) is 0 Å². The summed E-state index contributed by atoms with van der Waals surface area (Å²) in [6.45, 7) is 8.47. The van der Waals surface area contributed by atoms with Crippen LogP contribution in [0.15, 0.2) is 79.9 Å². The fourth-order valence-corrected chi connectivity index (χ4v) is 2.62. The largest absolute Gasteiger partial charge is 0.334 e. The molecule has 2 rings (SSSR count). The van der Waals surface area contributed by atoms with Crippen LogP contribution in [-0.4, -0.2) is 30.4 Å². The Hall–Kier alpha value is -2.72. The van der Waals surface area contributed by atoms with Crippen LogP contribution < -0.4 is 5.32 Å². The molecule has 0 fully saturated rings. The SMILES string of the molecule is C=CCN(CC=C)C(=O)CNC(c1ccccc1)c1ccc(F)cc1. The van der Waals surface area contributed by atoms with E-state index in [1.54, 1.807) is 29.2 Å². The zero-order chi connectivity index (χ0) is 18.1. The van der Waals surface area contributed by atoms with E-state index < -0.39 is 0 Å². The van der Waals surface area contributed by atoms with Crippen LogP contribution in [0.3, 0.4) is 0 Å². The van der Waals surface area contributed by atoms with E-state index in [2.05, 4.69) is 18.5 Å². The molecule has 1 atom stereocenters. The lowest BCUT2D eigenvalue weighted by atomic mass is 9.98. The molecule has 0 bridgehead atoms. The average Bonchev–Trinajstić information content (AvgIpc) is 2.64. The van der Waals surface area contributed by atoms with Gasteiger partial charge in [-0.05, 0) is 23.3 Å². The van der Waals surface area contributed by atoms with Gasteiger partial charge in [-0.2, -0.15) is 0 Å². The lowest BCUT2D eigenvalue weighted by Gasteiger charge is -2.23. The number of amides is 1. The van der Waals surface area contributed by atoms with Gasteiger partial charge < -0.3 is 4.90 Å². The van der Waals surface area contributed by atoms with E-state index in [1.807, 2.05) is 30.3 Å². The molecular weight excluding hydrogens is 315 g/mol. The van der Waals surface area contributed by atoms with Gasteiger partial charge in [0.25, 0.3) is 0 Å². The van der Waals surface area contributed by atoms with Crippen molar-refractivity contribution in [3.63, 3.8) is 0 Å². The summed E-state index contributed by atoms with van der Waals surface area (Å²) < 4.78 is 13.2. The number of hydrogen-bond acceptors (Lipinski definition) is 2. The van der Waals surface area contributed by atoms with E-state index >= 15 is 0 Å². The first-order valence-corrected chi connectivity index (χ1v) is 8.19. The molecule has 1 amide bonds. The molecule has 1 unspecified atom stereocenters. The third-order valence-electron chi connectivity index (χ3n) is 3.85. The summed E-state index contributed by atoms with van der Waals surface area (Å²) in [5.74, 6) is -0.322. The van der Waals surface area contributed by atoms with Crippen LogP contribution in [0.1, 0.15) is 17.2 Å². The van der Waals surface area contributed by atoms with Gasteiger partial charge in [0, 0.05) is 13.1 Å². The zero-order valence-electron chi connectivity index (χ0n) is 14.2. The van der Waals surface area contributed by atoms with Gasteiger partial charge in [0.1, 0.15) is 5.82 Å². The van der Waals surface area contributed by atoms with E-state index in [-0.39, 0.29) is 24.3 Å². The molecule has 2 aromatic carbocycles. The third kappa shape index (κ3) is 5.40. The Morgan fingerprint density at radius 2 is 1.56 bits per heavy atom. The molecule has 130 valence electrons. The highest BCUT2D eigenvalue weighted by molar-refractivity contribution is 5.78. The average molecular weight is 338 g/mol. The zero-order valence-corrected chi connectivity index (χ0v) is 14.2. The van der Waals surface area contributed by atoms with E-state index in [0.29, 0.717) is 13.1 Å². The number of carbonyl (C=O) groups is 1. The summed E-state index contributed by atoms with van der Waals surface area (Å²) in [6, 6.07) is 15.9. The van der Waals surface area contributed by atoms with Crippen LogP contribution in [0, 0.1) is 5.82 Å². The lowest BCUT2D eigenvalue weighted by Crippen LogP contribution is -2.39. The second-order valence-electron chi connectivity index (χ2n) is 5.65. The molecule has 0 aliphatic heterocycles. The van der Waals surface area contributed by atoms with Crippen LogP contribution in [0.2, 0.25) is 0 Å². The van der Waals surface area contributed by atoms with E-state index in [0.717, 1.165) is 11.1 Å². The Morgan fingerprint density at radius 3 is 2.12 bits per heavy atom. The van der Waals surface area contributed by atoms with Crippen molar-refractivity contribution in [3.8, 4) is 0 Å². The number of rotatable bonds is 9. The van der Waals surface area contributed by atoms with Gasteiger partial charge in [-0.1, -0.05) is 54.6 Å². The van der Waals surface area contributed by atoms with Crippen molar-refractivity contribution >= 4 is 5.91 Å². The first-order chi connectivity index (χ1) is 12.2. The highest BCUT2D eigenvalue weighted by atomic mass is 19.1. The Bertz CT molecular complexity index is 688. The van der Waals surface area contributed by atoms with Crippen LogP contribution >= 0.6 is 0 Å². The van der Waals surface area contributed by atoms with Gasteiger partial charge in [0.2, 0.25) is 5.91 Å². The molecule has 0 aromatic heterocycles. The quantitative estimate of drug-likeness (QED) is 0.707. The maximum absolute atomic E-state index is 13.2. The molecule has 0 spiro atoms. The fraction of sp³-hybridized carbons (Fsp3) is 0.190. The van der Waals surface area contributed by atoms with Crippen molar-refractivity contribution in [3.05, 3.63) is 96.9 Å². The summed E-state index contributed by atoms with van der Waals surface area (Å²) >= 11 is 0. The monoisotopic (exact) mass is 338 g/mol. The highest BCUT2D eigenvalue weighted by Crippen LogP contribution is 2.22. The molecule has 0 aliphatic rings. The summed E-state index contributed by atoms with van der Waals surface area (Å²) in [4.78, 5) is 14.1. The maximum atomic E-state index is 13.2. The van der Waals surface area contributed by atoms with Crippen LogP contribution in [0.25, 0.3) is 0 Å². The molecular formula is C21H23FN2O. The summed E-state index contributed by atoms with van der Waals surface area (Å²) in [5.41, 5.74) is 1.92. The minimum Gasteiger partial charge on any atom is -0.334 e. The van der Waals surface area contributed by atoms with Gasteiger partial charge in [0.15, 0.2) is 0 Å². The predicted molar refractivity (Wildman–Crippen MR) is 99.7 cm³/mol. The van der Waals surface area contributed by atoms with Crippen molar-refractivity contribution in [1.82, 2.24) is 10.2 Å². The molecule has 3 nitrogen and oxygen atoms in total. The molecule has 0 saturated carbocycles. The molecule has 25 heavy (non-hydrogen) atoms. The van der Waals surface area contributed by atoms with Crippen LogP contribution in [0.5, 0.6) is 0 Å². The van der Waals surface area contributed by atoms with Gasteiger partial charge in [-0.3, -0.25) is 10.1 Å². The van der Waals surface area contributed by atoms with E-state index in [1.165, 1.54) is 12.1 Å². The minimum absolute atomic E-state index is 0.0390. The normalized spacial score (nSPS) is 11.6. The molecule has 0 heterocycles. The molecule has 2 aromatic rings. The van der Waals surface area contributed by atoms with Gasteiger partial charge in [0.05, 0.1) is 12.6 Å². The highest BCUT2D eigenvalue weighted by Gasteiger charge is 2.17. The first-order valence-electron chi connectivity index (χ1n) is 8.19. The fourth-order valence-electron chi connectivity index (χ4n) is 2.62. The molecule has 0 saturated heterocycles. The number of hydrogen-bond donors (Lipinski definition) is 1. The molecule has 0 radical (unpaired) electrons. The lowest BCUT2D eigenvalue weighted by molar-refractivity contribution is -0.129. The van der Waals surface area contributed by atoms with Crippen LogP contribution in [0.4, 0.5) is 4.39 Å². The third-order valence-corrected chi connectivity index (χ3v) is 3.85. The Kier molecular flexibility index (Phi) is 7.11. The van der Waals surface area contributed by atoms with Crippen molar-refractivity contribution in [2.24, 2.45) is 0 Å². The summed E-state index contributed by atoms with van der Waals surface area (Å²) in [5, 5.41) is 3.29. The number of nitrogens with zero attached hydrogens (tertiary/aromatic N) is 1. The number of carbonyl (C=O) groups excluding carboxylic acids is 1. The van der Waals surface area contributed by atoms with Crippen molar-refractivity contribution < 1.29 is 9.18 Å². The van der Waals surface area contributed by atoms with Gasteiger partial charge >= 0.3 is 0 Å². The molecule has 0 aliphatic carbocycles. The first kappa shape index (κ1) is 18.6. The number of nitrogens with one attached hydrogen (secondary N) is 1. The topological polar surface area (TPSA) is 32.3 Å². The van der Waals surface area contributed by atoms with Crippen LogP contribution in [-0.2, 0) is 4.79 Å². The minimum atomic E-state index is -0.283. The summed E-state index contributed by atoms with van der Waals surface area (Å²) in [7, 11) is 0. The second kappa shape index (κ2) is 9.55. The number of benzene rings is 2. The van der Waals surface area contributed by atoms with E-state index in [9.17, 15) is 9.18 Å². The standard InChI is InChI=1S/C21H23FN2O/c1-3-14-24(15-4-2)20(25)16-23-21(17-8-6-5-7-9-17)18-10-12-19(22)13-11-18/h3-13,21,23H,1-2,14-16H2. The Morgan fingerprint density at radius 1 is 1.00 bits per heavy atom. The van der Waals surface area contributed by atoms with Gasteiger partial charge in [-0.15, -0.1) is 13.2 Å². The van der Waals surface area contributed by atoms with E-state index in [4.69, 9.17) is 0 Å². The van der Waals surface area contributed by atoms with Crippen molar-refractivity contribution in [2.75, 3.05) is 19.6 Å². The predicted octanol–water partition coefficient (Wildman–Crippen LogP) is 3.71. The Labute approximate surface area is 148 Å². The smallest absolute Gasteiger partial charge is 0.237 e. The Balaban J connectivity index is 2.16. The summed E-state index contributed by atoms with van der Waals surface area (Å²) in [6.07, 6.45) is 3.38. The second-order valence-corrected chi connectivity index (χ2v) is 5.65. The van der Waals surface area contributed by atoms with Crippen molar-refractivity contribution in [2.45, 2.75) is 6.04 Å². The van der Waals surface area contributed by atoms with Gasteiger partial charge in [-0.25, -0.2) is 4.39 Å². The molecule has 1 N–H and O–H groups in total. The maximum Gasteiger partial charge on any atom is 0.237 e. The molecule has 4 heteroatoms.